The van der Waals surface area contributed by atoms with Crippen LogP contribution >= 0.6 is 0 Å². The van der Waals surface area contributed by atoms with Crippen LogP contribution in [0.4, 0.5) is 0 Å². The lowest BCUT2D eigenvalue weighted by Gasteiger charge is -2.26. The van der Waals surface area contributed by atoms with E-state index in [1.54, 1.807) is 14.2 Å². The Morgan fingerprint density at radius 2 is 1.70 bits per heavy atom. The Hall–Kier alpha value is -3.03. The summed E-state index contributed by atoms with van der Waals surface area (Å²) in [5.74, 6) is 2.37. The molecule has 0 radical (unpaired) electrons. The molecular formula is C23H26N4O3. The first-order chi connectivity index (χ1) is 14.8. The van der Waals surface area contributed by atoms with E-state index < -0.39 is 0 Å². The molecule has 5 rings (SSSR count). The second-order valence-electron chi connectivity index (χ2n) is 7.46. The lowest BCUT2D eigenvalue weighted by Crippen LogP contribution is -2.38. The molecule has 1 aliphatic heterocycles. The second kappa shape index (κ2) is 8.01. The average Bonchev–Trinajstić information content (AvgIpc) is 3.36. The monoisotopic (exact) mass is 406 g/mol. The highest BCUT2D eigenvalue weighted by Crippen LogP contribution is 2.33. The standard InChI is InChI=1S/C23H26N4O3/c1-28-21-8-7-17(15-22(21)29-2)18-16-27-20-6-4-3-5-19(20)26(23(27)24-18)10-9-25-11-13-30-14-12-25/h3-8,15-16H,9-14H2,1-2H3. The molecule has 1 saturated heterocycles. The maximum absolute atomic E-state index is 5.48. The molecular weight excluding hydrogens is 380 g/mol. The van der Waals surface area contributed by atoms with Crippen molar-refractivity contribution in [2.24, 2.45) is 0 Å². The number of fused-ring (bicyclic) bond motifs is 3. The first-order valence-electron chi connectivity index (χ1n) is 10.3. The van der Waals surface area contributed by atoms with Crippen LogP contribution in [0.5, 0.6) is 11.5 Å². The Bertz CT molecular complexity index is 1170. The van der Waals surface area contributed by atoms with Crippen LogP contribution < -0.4 is 9.47 Å². The fourth-order valence-electron chi connectivity index (χ4n) is 4.16. The minimum atomic E-state index is 0.702. The maximum Gasteiger partial charge on any atom is 0.215 e. The van der Waals surface area contributed by atoms with Gasteiger partial charge >= 0.3 is 0 Å². The van der Waals surface area contributed by atoms with Gasteiger partial charge in [-0.2, -0.15) is 0 Å². The van der Waals surface area contributed by atoms with E-state index in [0.717, 1.165) is 61.9 Å². The summed E-state index contributed by atoms with van der Waals surface area (Å²) in [6.07, 6.45) is 2.10. The molecule has 3 heterocycles. The van der Waals surface area contributed by atoms with Gasteiger partial charge in [-0.3, -0.25) is 9.30 Å². The summed E-state index contributed by atoms with van der Waals surface area (Å²) >= 11 is 0. The molecule has 7 nitrogen and oxygen atoms in total. The topological polar surface area (TPSA) is 53.2 Å². The Morgan fingerprint density at radius 3 is 2.47 bits per heavy atom. The van der Waals surface area contributed by atoms with Crippen LogP contribution in [0.1, 0.15) is 0 Å². The molecule has 0 unspecified atom stereocenters. The van der Waals surface area contributed by atoms with E-state index in [1.165, 1.54) is 5.52 Å². The van der Waals surface area contributed by atoms with Gasteiger partial charge in [0.1, 0.15) is 0 Å². The van der Waals surface area contributed by atoms with Crippen LogP contribution in [0, 0.1) is 0 Å². The number of morpholine rings is 1. The largest absolute Gasteiger partial charge is 0.493 e. The number of methoxy groups -OCH3 is 2. The van der Waals surface area contributed by atoms with Crippen LogP contribution in [0.25, 0.3) is 28.1 Å². The van der Waals surface area contributed by atoms with Crippen molar-refractivity contribution in [1.29, 1.82) is 0 Å². The van der Waals surface area contributed by atoms with Crippen molar-refractivity contribution in [3.05, 3.63) is 48.7 Å². The molecule has 0 atom stereocenters. The Labute approximate surface area is 175 Å². The molecule has 0 bridgehead atoms. The number of ether oxygens (including phenoxy) is 3. The van der Waals surface area contributed by atoms with Crippen molar-refractivity contribution in [2.45, 2.75) is 6.54 Å². The minimum absolute atomic E-state index is 0.702. The predicted octanol–water partition coefficient (Wildman–Crippen LogP) is 3.31. The van der Waals surface area contributed by atoms with E-state index in [4.69, 9.17) is 19.2 Å². The van der Waals surface area contributed by atoms with Gasteiger partial charge in [-0.05, 0) is 30.3 Å². The van der Waals surface area contributed by atoms with E-state index in [0.29, 0.717) is 11.5 Å². The van der Waals surface area contributed by atoms with Gasteiger partial charge in [0.2, 0.25) is 5.78 Å². The van der Waals surface area contributed by atoms with Gasteiger partial charge in [0.15, 0.2) is 11.5 Å². The first kappa shape index (κ1) is 19.0. The fourth-order valence-corrected chi connectivity index (χ4v) is 4.16. The van der Waals surface area contributed by atoms with Crippen LogP contribution in [0.3, 0.4) is 0 Å². The highest BCUT2D eigenvalue weighted by Gasteiger charge is 2.17. The highest BCUT2D eigenvalue weighted by molar-refractivity contribution is 5.82. The Kier molecular flexibility index (Phi) is 5.06. The molecule has 4 aromatic rings. The van der Waals surface area contributed by atoms with Crippen LogP contribution in [-0.4, -0.2) is 65.9 Å². The number of benzene rings is 2. The first-order valence-corrected chi connectivity index (χ1v) is 10.3. The second-order valence-corrected chi connectivity index (χ2v) is 7.46. The van der Waals surface area contributed by atoms with Crippen molar-refractivity contribution in [3.8, 4) is 22.8 Å². The van der Waals surface area contributed by atoms with Crippen molar-refractivity contribution >= 4 is 16.8 Å². The molecule has 0 aliphatic carbocycles. The number of aromatic nitrogens is 3. The summed E-state index contributed by atoms with van der Waals surface area (Å²) in [6, 6.07) is 14.4. The van der Waals surface area contributed by atoms with Gasteiger partial charge < -0.3 is 18.8 Å². The number of para-hydroxylation sites is 2. The SMILES string of the molecule is COc1ccc(-c2cn3c4ccccc4n(CCN4CCOCC4)c3n2)cc1OC. The van der Waals surface area contributed by atoms with E-state index >= 15 is 0 Å². The maximum atomic E-state index is 5.48. The Morgan fingerprint density at radius 1 is 0.933 bits per heavy atom. The zero-order valence-corrected chi connectivity index (χ0v) is 17.4. The summed E-state index contributed by atoms with van der Waals surface area (Å²) < 4.78 is 20.8. The van der Waals surface area contributed by atoms with Crippen molar-refractivity contribution in [2.75, 3.05) is 47.1 Å². The van der Waals surface area contributed by atoms with Crippen molar-refractivity contribution in [1.82, 2.24) is 18.9 Å². The highest BCUT2D eigenvalue weighted by atomic mass is 16.5. The molecule has 7 heteroatoms. The summed E-state index contributed by atoms with van der Waals surface area (Å²) in [4.78, 5) is 7.45. The molecule has 2 aromatic carbocycles. The van der Waals surface area contributed by atoms with E-state index in [2.05, 4.69) is 44.3 Å². The molecule has 156 valence electrons. The zero-order valence-electron chi connectivity index (χ0n) is 17.4. The lowest BCUT2D eigenvalue weighted by molar-refractivity contribution is 0.0366. The lowest BCUT2D eigenvalue weighted by atomic mass is 10.1. The van der Waals surface area contributed by atoms with Crippen molar-refractivity contribution in [3.63, 3.8) is 0 Å². The third kappa shape index (κ3) is 3.30. The van der Waals surface area contributed by atoms with Gasteiger partial charge in [-0.25, -0.2) is 4.98 Å². The third-order valence-corrected chi connectivity index (χ3v) is 5.78. The summed E-state index contributed by atoms with van der Waals surface area (Å²) in [6.45, 7) is 5.47. The van der Waals surface area contributed by atoms with Crippen molar-refractivity contribution < 1.29 is 14.2 Å². The van der Waals surface area contributed by atoms with Crippen LogP contribution in [0.2, 0.25) is 0 Å². The smallest absolute Gasteiger partial charge is 0.215 e. The molecule has 0 saturated carbocycles. The normalized spacial score (nSPS) is 15.1. The zero-order chi connectivity index (χ0) is 20.5. The van der Waals surface area contributed by atoms with Crippen LogP contribution in [-0.2, 0) is 11.3 Å². The Balaban J connectivity index is 1.55. The van der Waals surface area contributed by atoms with Gasteiger partial charge in [-0.1, -0.05) is 12.1 Å². The molecule has 0 N–H and O–H groups in total. The minimum Gasteiger partial charge on any atom is -0.493 e. The molecule has 0 amide bonds. The van der Waals surface area contributed by atoms with Gasteiger partial charge in [0.05, 0.1) is 44.2 Å². The van der Waals surface area contributed by atoms with Crippen LogP contribution in [0.15, 0.2) is 48.7 Å². The number of hydrogen-bond acceptors (Lipinski definition) is 5. The number of imidazole rings is 2. The number of hydrogen-bond donors (Lipinski definition) is 0. The van der Waals surface area contributed by atoms with Gasteiger partial charge in [0, 0.05) is 37.9 Å². The predicted molar refractivity (Wildman–Crippen MR) is 116 cm³/mol. The molecule has 30 heavy (non-hydrogen) atoms. The van der Waals surface area contributed by atoms with Gasteiger partial charge in [0.25, 0.3) is 0 Å². The number of rotatable bonds is 6. The molecule has 1 aliphatic rings. The molecule has 1 fully saturated rings. The molecule has 0 spiro atoms. The quantitative estimate of drug-likeness (QED) is 0.492. The van der Waals surface area contributed by atoms with E-state index in [-0.39, 0.29) is 0 Å². The summed E-state index contributed by atoms with van der Waals surface area (Å²) in [5, 5.41) is 0. The van der Waals surface area contributed by atoms with E-state index in [9.17, 15) is 0 Å². The summed E-state index contributed by atoms with van der Waals surface area (Å²) in [7, 11) is 3.30. The summed E-state index contributed by atoms with van der Waals surface area (Å²) in [5.41, 5.74) is 4.28. The fraction of sp³-hybridized carbons (Fsp3) is 0.348. The van der Waals surface area contributed by atoms with E-state index in [1.807, 2.05) is 18.2 Å². The third-order valence-electron chi connectivity index (χ3n) is 5.78. The number of nitrogens with zero attached hydrogens (tertiary/aromatic N) is 4. The van der Waals surface area contributed by atoms with Gasteiger partial charge in [-0.15, -0.1) is 0 Å². The molecule has 2 aromatic heterocycles. The average molecular weight is 406 g/mol.